The van der Waals surface area contributed by atoms with Crippen molar-refractivity contribution >= 4 is 24.0 Å². The molecule has 1 fully saturated rings. The highest BCUT2D eigenvalue weighted by Gasteiger charge is 2.41. The van der Waals surface area contributed by atoms with Crippen LogP contribution >= 0.6 is 0 Å². The molecule has 4 aromatic rings. The minimum Gasteiger partial charge on any atom is -0.487 e. The van der Waals surface area contributed by atoms with Gasteiger partial charge in [-0.15, -0.1) is 0 Å². The van der Waals surface area contributed by atoms with Gasteiger partial charge in [0.2, 0.25) is 11.8 Å². The molecule has 6 atom stereocenters. The SMILES string of the molecule is COCCOc1c(-c2ccc(-c3cnc([C@@H]4[C@H](C)C=C[C@H](C)N4C(=O)[C@@H](NC(=O)OC)C(C)C)[nH]3)cc2)ccc(-c2cnc([C@@H]3CCCN3C(=O)[C@@H](NC(=O)OC)C(C)C)[nH]2)c1OCCOC. The maximum atomic E-state index is 14.2. The van der Waals surface area contributed by atoms with Gasteiger partial charge in [0.05, 0.1) is 63.3 Å². The Labute approximate surface area is 392 Å². The first-order chi connectivity index (χ1) is 32.2. The molecule has 18 heteroatoms. The molecule has 0 spiro atoms. The number of rotatable bonds is 19. The number of hydrogen-bond acceptors (Lipinski definition) is 12. The van der Waals surface area contributed by atoms with Gasteiger partial charge < -0.3 is 58.8 Å². The molecule has 6 rings (SSSR count). The molecule has 0 aliphatic carbocycles. The van der Waals surface area contributed by atoms with Crippen molar-refractivity contribution in [1.82, 2.24) is 40.4 Å². The van der Waals surface area contributed by atoms with Crippen molar-refractivity contribution in [1.29, 1.82) is 0 Å². The van der Waals surface area contributed by atoms with E-state index in [0.717, 1.165) is 28.8 Å². The second-order valence-electron chi connectivity index (χ2n) is 17.5. The lowest BCUT2D eigenvalue weighted by Gasteiger charge is -2.42. The van der Waals surface area contributed by atoms with Crippen LogP contribution in [0.4, 0.5) is 9.59 Å². The van der Waals surface area contributed by atoms with E-state index in [9.17, 15) is 19.2 Å². The topological polar surface area (TPSA) is 212 Å². The van der Waals surface area contributed by atoms with Crippen LogP contribution in [0.25, 0.3) is 33.6 Å². The Balaban J connectivity index is 1.31. The zero-order valence-electron chi connectivity index (χ0n) is 40.2. The number of aromatic amines is 2. The summed E-state index contributed by atoms with van der Waals surface area (Å²) in [6.45, 7) is 13.2. The van der Waals surface area contributed by atoms with E-state index in [-0.39, 0.29) is 54.9 Å². The number of imidazole rings is 2. The number of nitrogens with zero attached hydrogens (tertiary/aromatic N) is 4. The molecule has 1 saturated heterocycles. The molecule has 67 heavy (non-hydrogen) atoms. The maximum Gasteiger partial charge on any atom is 0.407 e. The van der Waals surface area contributed by atoms with E-state index in [0.29, 0.717) is 60.6 Å². The van der Waals surface area contributed by atoms with E-state index < -0.39 is 30.3 Å². The number of methoxy groups -OCH3 is 4. The molecular formula is C49H66N8O10. The van der Waals surface area contributed by atoms with Crippen molar-refractivity contribution in [2.75, 3.05) is 61.4 Å². The van der Waals surface area contributed by atoms with E-state index >= 15 is 0 Å². The molecule has 0 bridgehead atoms. The molecule has 2 aliphatic rings. The number of benzene rings is 2. The number of carbonyl (C=O) groups is 4. The molecule has 4 heterocycles. The standard InChI is InChI=1S/C49H66N8O10/c1-28(2)39(54-48(60)64-9)46(58)56-21-11-12-38(56)44-50-27-37(53-44)35-20-19-34(42(66-24-22-62-7)43(35)67-25-23-63-8)32-15-17-33(18-16-32)36-26-51-45(52-36)41-30(5)13-14-31(6)57(41)47(59)40(29(3)4)55-49(61)65-10/h13-20,26-31,38-41H,11-12,21-25H2,1-10H3,(H,50,53)(H,51,52)(H,54,60)(H,55,61)/t30-,31+,38+,39+,40+,41+/m1/s1. The number of H-pyrrole nitrogens is 2. The summed E-state index contributed by atoms with van der Waals surface area (Å²) in [5, 5.41) is 5.43. The van der Waals surface area contributed by atoms with Crippen LogP contribution in [0.2, 0.25) is 0 Å². The second kappa shape index (κ2) is 22.9. The fourth-order valence-corrected chi connectivity index (χ4v) is 8.66. The van der Waals surface area contributed by atoms with Crippen LogP contribution in [0, 0.1) is 17.8 Å². The second-order valence-corrected chi connectivity index (χ2v) is 17.5. The first-order valence-electron chi connectivity index (χ1n) is 22.8. The fourth-order valence-electron chi connectivity index (χ4n) is 8.66. The predicted molar refractivity (Wildman–Crippen MR) is 251 cm³/mol. The van der Waals surface area contributed by atoms with Crippen LogP contribution in [-0.4, -0.2) is 133 Å². The van der Waals surface area contributed by atoms with Gasteiger partial charge in [-0.1, -0.05) is 71.0 Å². The summed E-state index contributed by atoms with van der Waals surface area (Å²) in [6.07, 6.45) is 7.75. The minimum absolute atomic E-state index is 0.0680. The number of likely N-dealkylation sites (tertiary alicyclic amines) is 1. The third-order valence-corrected chi connectivity index (χ3v) is 12.3. The van der Waals surface area contributed by atoms with Crippen molar-refractivity contribution in [3.63, 3.8) is 0 Å². The molecule has 362 valence electrons. The Bertz CT molecular complexity index is 2340. The largest absolute Gasteiger partial charge is 0.487 e. The Morgan fingerprint density at radius 2 is 1.22 bits per heavy atom. The molecule has 0 radical (unpaired) electrons. The van der Waals surface area contributed by atoms with Gasteiger partial charge >= 0.3 is 12.2 Å². The summed E-state index contributed by atoms with van der Waals surface area (Å²) in [5.41, 5.74) is 4.65. The van der Waals surface area contributed by atoms with Gasteiger partial charge in [0.15, 0.2) is 11.5 Å². The predicted octanol–water partition coefficient (Wildman–Crippen LogP) is 7.07. The number of nitrogens with one attached hydrogen (secondary N) is 4. The van der Waals surface area contributed by atoms with E-state index in [1.165, 1.54) is 14.2 Å². The van der Waals surface area contributed by atoms with Gasteiger partial charge in [0, 0.05) is 43.9 Å². The van der Waals surface area contributed by atoms with Gasteiger partial charge in [0.25, 0.3) is 0 Å². The van der Waals surface area contributed by atoms with Crippen LogP contribution in [0.1, 0.15) is 78.1 Å². The summed E-state index contributed by atoms with van der Waals surface area (Å²) in [4.78, 5) is 72.6. The zero-order valence-corrected chi connectivity index (χ0v) is 40.2. The lowest BCUT2D eigenvalue weighted by Crippen LogP contribution is -2.56. The van der Waals surface area contributed by atoms with E-state index in [2.05, 4.69) is 26.7 Å². The summed E-state index contributed by atoms with van der Waals surface area (Å²) in [6, 6.07) is 9.38. The minimum atomic E-state index is -0.791. The molecule has 18 nitrogen and oxygen atoms in total. The average molecular weight is 927 g/mol. The van der Waals surface area contributed by atoms with Crippen molar-refractivity contribution in [3.8, 4) is 45.1 Å². The number of hydrogen-bond donors (Lipinski definition) is 4. The monoisotopic (exact) mass is 926 g/mol. The van der Waals surface area contributed by atoms with Crippen molar-refractivity contribution < 1.29 is 47.6 Å². The van der Waals surface area contributed by atoms with Crippen molar-refractivity contribution in [3.05, 3.63) is 72.6 Å². The number of aromatic nitrogens is 4. The Morgan fingerprint density at radius 1 is 0.687 bits per heavy atom. The highest BCUT2D eigenvalue weighted by Crippen LogP contribution is 2.46. The molecule has 0 saturated carbocycles. The number of ether oxygens (including phenoxy) is 6. The van der Waals surface area contributed by atoms with Gasteiger partial charge in [-0.25, -0.2) is 19.6 Å². The highest BCUT2D eigenvalue weighted by atomic mass is 16.6. The number of carbonyl (C=O) groups excluding carboxylic acids is 4. The molecule has 2 aromatic heterocycles. The number of alkyl carbamates (subject to hydrolysis) is 2. The number of amides is 4. The van der Waals surface area contributed by atoms with Gasteiger partial charge in [-0.2, -0.15) is 0 Å². The third-order valence-electron chi connectivity index (χ3n) is 12.3. The molecule has 2 aliphatic heterocycles. The molecule has 2 aromatic carbocycles. The Hall–Kier alpha value is -6.40. The lowest BCUT2D eigenvalue weighted by atomic mass is 9.90. The quantitative estimate of drug-likeness (QED) is 0.0550. The smallest absolute Gasteiger partial charge is 0.407 e. The van der Waals surface area contributed by atoms with Crippen LogP contribution < -0.4 is 20.1 Å². The van der Waals surface area contributed by atoms with E-state index in [4.69, 9.17) is 38.4 Å². The lowest BCUT2D eigenvalue weighted by molar-refractivity contribution is -0.140. The molecule has 4 amide bonds. The fraction of sp³-hybridized carbons (Fsp3) is 0.510. The van der Waals surface area contributed by atoms with Crippen LogP contribution in [0.3, 0.4) is 0 Å². The van der Waals surface area contributed by atoms with Crippen LogP contribution in [0.5, 0.6) is 11.5 Å². The molecule has 0 unspecified atom stereocenters. The first-order valence-corrected chi connectivity index (χ1v) is 22.8. The van der Waals surface area contributed by atoms with Crippen LogP contribution in [-0.2, 0) is 28.5 Å². The van der Waals surface area contributed by atoms with Crippen LogP contribution in [0.15, 0.2) is 60.9 Å². The van der Waals surface area contributed by atoms with Crippen molar-refractivity contribution in [2.24, 2.45) is 17.8 Å². The Morgan fingerprint density at radius 3 is 1.82 bits per heavy atom. The molecular weight excluding hydrogens is 861 g/mol. The summed E-state index contributed by atoms with van der Waals surface area (Å²) >= 11 is 0. The van der Waals surface area contributed by atoms with E-state index in [1.807, 2.05) is 84.0 Å². The summed E-state index contributed by atoms with van der Waals surface area (Å²) < 4.78 is 33.4. The molecule has 4 N–H and O–H groups in total. The first kappa shape index (κ1) is 50.0. The van der Waals surface area contributed by atoms with Gasteiger partial charge in [0.1, 0.15) is 36.9 Å². The highest BCUT2D eigenvalue weighted by molar-refractivity contribution is 5.88. The van der Waals surface area contributed by atoms with Gasteiger partial charge in [-0.05, 0) is 54.9 Å². The zero-order chi connectivity index (χ0) is 48.4. The average Bonchev–Trinajstić information content (AvgIpc) is 4.13. The maximum absolute atomic E-state index is 14.2. The Kier molecular flexibility index (Phi) is 17.1. The van der Waals surface area contributed by atoms with E-state index in [1.54, 1.807) is 36.4 Å². The normalized spacial score (nSPS) is 19.0. The van der Waals surface area contributed by atoms with Crippen molar-refractivity contribution in [2.45, 2.75) is 84.6 Å². The summed E-state index contributed by atoms with van der Waals surface area (Å²) in [5.74, 6) is 1.40. The summed E-state index contributed by atoms with van der Waals surface area (Å²) in [7, 11) is 5.77. The third kappa shape index (κ3) is 11.4. The van der Waals surface area contributed by atoms with Gasteiger partial charge in [-0.3, -0.25) is 9.59 Å².